The number of thiophene rings is 4. The van der Waals surface area contributed by atoms with Crippen molar-refractivity contribution in [2.24, 2.45) is 0 Å². The number of hydrogen-bond donors (Lipinski definition) is 0. The molecule has 4 heterocycles. The largest absolute Gasteiger partial charge is 0.145 e. The Labute approximate surface area is 219 Å². The highest BCUT2D eigenvalue weighted by Crippen LogP contribution is 2.37. The van der Waals surface area contributed by atoms with Crippen molar-refractivity contribution < 1.29 is 0 Å². The number of rotatable bonds is 4. The maximum Gasteiger partial charge on any atom is 0.0904 e. The first-order chi connectivity index (χ1) is 16.1. The first-order valence-corrected chi connectivity index (χ1v) is 21.9. The third-order valence-corrected chi connectivity index (χ3v) is 17.8. The molecule has 0 atom stereocenters. The van der Waals surface area contributed by atoms with Crippen LogP contribution in [0.25, 0.3) is 52.5 Å². The minimum Gasteiger partial charge on any atom is -0.145 e. The fourth-order valence-corrected chi connectivity index (χ4v) is 12.3. The van der Waals surface area contributed by atoms with E-state index < -0.39 is 16.1 Å². The molecule has 172 valence electrons. The van der Waals surface area contributed by atoms with E-state index in [9.17, 15) is 0 Å². The molecule has 0 nitrogen and oxygen atoms in total. The standard InChI is InChI=1S/C28H28S4Si2/c1-33(2,3)27-15-21-19-13-17(29-23(19)9-11-25(21)31-27)7-8-18-14-20-22-16-28(34(4,5)6)32-26(22)12-10-24(20)30-18/h7-16H,1-6H3. The van der Waals surface area contributed by atoms with Crippen LogP contribution in [0.1, 0.15) is 9.75 Å². The molecule has 0 saturated heterocycles. The SMILES string of the molecule is C[Si](C)(C)c1cc2c(ccc3sc(C=Cc4cc5c(ccc6sc([Si](C)(C)C)cc65)s4)cc32)s1. The molecule has 0 aliphatic carbocycles. The summed E-state index contributed by atoms with van der Waals surface area (Å²) >= 11 is 7.80. The molecule has 0 amide bonds. The predicted octanol–water partition coefficient (Wildman–Crippen LogP) is 9.81. The Kier molecular flexibility index (Phi) is 5.37. The zero-order valence-corrected chi connectivity index (χ0v) is 25.7. The molecule has 0 aliphatic rings. The second-order valence-electron chi connectivity index (χ2n) is 11.1. The highest BCUT2D eigenvalue weighted by Gasteiger charge is 2.21. The summed E-state index contributed by atoms with van der Waals surface area (Å²) in [6.07, 6.45) is 4.62. The van der Waals surface area contributed by atoms with Gasteiger partial charge in [-0.2, -0.15) is 0 Å². The molecule has 2 aromatic carbocycles. The molecular weight excluding hydrogens is 521 g/mol. The lowest BCUT2D eigenvalue weighted by molar-refractivity contribution is 1.79. The maximum absolute atomic E-state index is 2.47. The lowest BCUT2D eigenvalue weighted by Gasteiger charge is -2.11. The zero-order chi connectivity index (χ0) is 23.8. The Balaban J connectivity index is 1.38. The Morgan fingerprint density at radius 1 is 0.471 bits per heavy atom. The highest BCUT2D eigenvalue weighted by molar-refractivity contribution is 7.32. The minimum atomic E-state index is -1.29. The molecule has 6 aromatic rings. The normalized spacial score (nSPS) is 13.5. The molecule has 0 N–H and O–H groups in total. The van der Waals surface area contributed by atoms with Crippen LogP contribution in [0.15, 0.2) is 48.5 Å². The van der Waals surface area contributed by atoms with Crippen molar-refractivity contribution in [2.45, 2.75) is 39.3 Å². The van der Waals surface area contributed by atoms with Gasteiger partial charge in [0.25, 0.3) is 0 Å². The van der Waals surface area contributed by atoms with Crippen molar-refractivity contribution in [1.82, 2.24) is 0 Å². The van der Waals surface area contributed by atoms with E-state index in [-0.39, 0.29) is 0 Å². The van der Waals surface area contributed by atoms with Crippen LogP contribution < -0.4 is 9.00 Å². The van der Waals surface area contributed by atoms with Gasteiger partial charge in [-0.05, 0) is 69.7 Å². The minimum absolute atomic E-state index is 1.29. The van der Waals surface area contributed by atoms with Crippen LogP contribution in [-0.2, 0) is 0 Å². The third-order valence-electron chi connectivity index (χ3n) is 6.32. The summed E-state index contributed by atoms with van der Waals surface area (Å²) in [5.74, 6) is 0. The molecule has 34 heavy (non-hydrogen) atoms. The van der Waals surface area contributed by atoms with Crippen LogP contribution in [-0.4, -0.2) is 16.1 Å². The van der Waals surface area contributed by atoms with Crippen LogP contribution in [0.2, 0.25) is 39.3 Å². The van der Waals surface area contributed by atoms with Gasteiger partial charge in [0, 0.05) is 50.1 Å². The van der Waals surface area contributed by atoms with Crippen LogP contribution in [0.5, 0.6) is 0 Å². The Morgan fingerprint density at radius 2 is 0.794 bits per heavy atom. The van der Waals surface area contributed by atoms with Crippen LogP contribution in [0.4, 0.5) is 0 Å². The molecule has 6 heteroatoms. The zero-order valence-electron chi connectivity index (χ0n) is 20.4. The van der Waals surface area contributed by atoms with E-state index in [0.717, 1.165) is 0 Å². The summed E-state index contributed by atoms with van der Waals surface area (Å²) in [5.41, 5.74) is 0. The fraction of sp³-hybridized carbons (Fsp3) is 0.214. The highest BCUT2D eigenvalue weighted by atomic mass is 32.1. The van der Waals surface area contributed by atoms with Crippen molar-refractivity contribution in [3.8, 4) is 0 Å². The molecule has 4 aromatic heterocycles. The molecule has 0 saturated carbocycles. The molecule has 0 aliphatic heterocycles. The molecule has 0 unspecified atom stereocenters. The van der Waals surface area contributed by atoms with Crippen molar-refractivity contribution in [3.63, 3.8) is 0 Å². The van der Waals surface area contributed by atoms with E-state index in [4.69, 9.17) is 0 Å². The second-order valence-corrected chi connectivity index (χ2v) is 26.3. The van der Waals surface area contributed by atoms with Gasteiger partial charge < -0.3 is 0 Å². The quantitative estimate of drug-likeness (QED) is 0.192. The first kappa shape index (κ1) is 22.9. The first-order valence-electron chi connectivity index (χ1n) is 11.7. The molecule has 0 spiro atoms. The lowest BCUT2D eigenvalue weighted by atomic mass is 10.1. The third kappa shape index (κ3) is 3.98. The van der Waals surface area contributed by atoms with E-state index in [1.165, 1.54) is 50.1 Å². The summed E-state index contributed by atoms with van der Waals surface area (Å²) in [6.45, 7) is 14.7. The van der Waals surface area contributed by atoms with Crippen LogP contribution in [0, 0.1) is 0 Å². The van der Waals surface area contributed by atoms with Gasteiger partial charge in [-0.15, -0.1) is 45.3 Å². The summed E-state index contributed by atoms with van der Waals surface area (Å²) < 4.78 is 8.84. The van der Waals surface area contributed by atoms with E-state index in [2.05, 4.69) is 100.0 Å². The topological polar surface area (TPSA) is 0 Å². The summed E-state index contributed by atoms with van der Waals surface area (Å²) in [6, 6.07) is 19.0. The fourth-order valence-electron chi connectivity index (χ4n) is 4.37. The Bertz CT molecular complexity index is 1600. The van der Waals surface area contributed by atoms with Gasteiger partial charge in [-0.3, -0.25) is 0 Å². The molecule has 0 radical (unpaired) electrons. The Morgan fingerprint density at radius 3 is 1.15 bits per heavy atom. The van der Waals surface area contributed by atoms with Crippen LogP contribution in [0.3, 0.4) is 0 Å². The monoisotopic (exact) mass is 548 g/mol. The van der Waals surface area contributed by atoms with Gasteiger partial charge in [-0.25, -0.2) is 0 Å². The van der Waals surface area contributed by atoms with Gasteiger partial charge in [0.2, 0.25) is 0 Å². The van der Waals surface area contributed by atoms with Gasteiger partial charge in [-0.1, -0.05) is 39.3 Å². The molecule has 0 bridgehead atoms. The number of benzene rings is 2. The van der Waals surface area contributed by atoms with Gasteiger partial charge in [0.1, 0.15) is 0 Å². The van der Waals surface area contributed by atoms with E-state index >= 15 is 0 Å². The average molecular weight is 549 g/mol. The van der Waals surface area contributed by atoms with Crippen LogP contribution >= 0.6 is 45.3 Å². The summed E-state index contributed by atoms with van der Waals surface area (Å²) in [7, 11) is -2.58. The van der Waals surface area contributed by atoms with E-state index in [1.807, 2.05) is 45.3 Å². The van der Waals surface area contributed by atoms with E-state index in [1.54, 1.807) is 9.00 Å². The van der Waals surface area contributed by atoms with Crippen molar-refractivity contribution in [2.75, 3.05) is 0 Å². The molecular formula is C28H28S4Si2. The lowest BCUT2D eigenvalue weighted by Crippen LogP contribution is -2.34. The molecule has 0 fully saturated rings. The smallest absolute Gasteiger partial charge is 0.0904 e. The van der Waals surface area contributed by atoms with Crippen molar-refractivity contribution in [1.29, 1.82) is 0 Å². The number of fused-ring (bicyclic) bond motifs is 6. The van der Waals surface area contributed by atoms with Gasteiger partial charge in [0.05, 0.1) is 16.1 Å². The number of hydrogen-bond acceptors (Lipinski definition) is 4. The van der Waals surface area contributed by atoms with Gasteiger partial charge >= 0.3 is 0 Å². The summed E-state index contributed by atoms with van der Waals surface area (Å²) in [5, 5.41) is 5.71. The maximum atomic E-state index is 2.47. The summed E-state index contributed by atoms with van der Waals surface area (Å²) in [4.78, 5) is 2.67. The Hall–Kier alpha value is -1.55. The van der Waals surface area contributed by atoms with Crippen molar-refractivity contribution >= 4 is 123 Å². The van der Waals surface area contributed by atoms with E-state index in [0.29, 0.717) is 0 Å². The molecule has 6 rings (SSSR count). The van der Waals surface area contributed by atoms with Crippen molar-refractivity contribution in [3.05, 3.63) is 58.3 Å². The van der Waals surface area contributed by atoms with Gasteiger partial charge in [0.15, 0.2) is 0 Å². The second kappa shape index (κ2) is 7.98. The predicted molar refractivity (Wildman–Crippen MR) is 169 cm³/mol. The average Bonchev–Trinajstić information content (AvgIpc) is 3.52.